The van der Waals surface area contributed by atoms with E-state index in [1.54, 1.807) is 0 Å². The smallest absolute Gasteiger partial charge is 0.256 e. The summed E-state index contributed by atoms with van der Waals surface area (Å²) in [6, 6.07) is 95.7. The molecule has 0 radical (unpaired) electrons. The molecule has 8 heteroatoms. The van der Waals surface area contributed by atoms with Gasteiger partial charge in [-0.15, -0.1) is 0 Å². The molecule has 0 unspecified atom stereocenters. The molecule has 4 aliphatic rings. The first-order valence-corrected chi connectivity index (χ1v) is 28.3. The topological polar surface area (TPSA) is 33.8 Å². The third kappa shape index (κ3) is 6.11. The molecule has 0 aliphatic carbocycles. The molecule has 18 rings (SSSR count). The Morgan fingerprint density at radius 1 is 0.375 bits per heavy atom. The fourth-order valence-electron chi connectivity index (χ4n) is 14.0. The van der Waals surface area contributed by atoms with Crippen LogP contribution in [0.2, 0.25) is 0 Å². The number of fused-ring (bicyclic) bond motifs is 16. The zero-order chi connectivity index (χ0) is 52.2. The van der Waals surface area contributed by atoms with Gasteiger partial charge < -0.3 is 23.5 Å². The lowest BCUT2D eigenvalue weighted by molar-refractivity contribution is 0.493. The molecule has 6 heterocycles. The highest BCUT2D eigenvalue weighted by Gasteiger charge is 2.48. The molecule has 0 N–H and O–H groups in total. The van der Waals surface area contributed by atoms with Crippen molar-refractivity contribution in [3.05, 3.63) is 261 Å². The zero-order valence-corrected chi connectivity index (χ0v) is 43.9. The Kier molecular flexibility index (Phi) is 9.28. The molecule has 0 amide bonds. The number of aromatic nitrogens is 1. The number of nitrogens with zero attached hydrogens (tertiary/aromatic N) is 3. The van der Waals surface area contributed by atoms with E-state index in [0.717, 1.165) is 101 Å². The van der Waals surface area contributed by atoms with Gasteiger partial charge in [-0.1, -0.05) is 211 Å². The lowest BCUT2D eigenvalue weighted by Crippen LogP contribution is -2.64. The predicted molar refractivity (Wildman–Crippen MR) is 335 cm³/mol. The standard InChI is InChI=1S/C72H43B2N3O2S/c1-5-22-44(23-6-1)48-32-21-33-49(45-24-7-2-8-25-45)70(48)77-58-41-57-54(40-55(58)73-52-34-15-19-38-63(52)79-71-67-51-31-14-18-37-62(51)78-64(67)43-61(77)68(71)73)74-53-35-16-20-39-65(53)80-72-66-50-30-13-17-36-56(50)75(46-26-9-3-10-27-46)59(66)42-60(69(72)74)76(57)47-28-11-4-12-29-47/h1-43H. The number of furan rings is 1. The predicted octanol–water partition coefficient (Wildman–Crippen LogP) is 15.2. The minimum Gasteiger partial charge on any atom is -0.458 e. The average molecular weight is 1040 g/mol. The summed E-state index contributed by atoms with van der Waals surface area (Å²) < 4.78 is 16.8. The van der Waals surface area contributed by atoms with Crippen LogP contribution in [0.25, 0.3) is 71.7 Å². The number of ether oxygens (including phenoxy) is 1. The molecule has 0 fully saturated rings. The van der Waals surface area contributed by atoms with Gasteiger partial charge in [0.1, 0.15) is 22.7 Å². The van der Waals surface area contributed by atoms with Gasteiger partial charge in [0.15, 0.2) is 0 Å². The van der Waals surface area contributed by atoms with Crippen molar-refractivity contribution < 1.29 is 9.15 Å². The summed E-state index contributed by atoms with van der Waals surface area (Å²) in [5.74, 6) is 1.70. The molecular formula is C72H43B2N3O2S. The van der Waals surface area contributed by atoms with Crippen LogP contribution in [-0.2, 0) is 0 Å². The van der Waals surface area contributed by atoms with Gasteiger partial charge >= 0.3 is 0 Å². The van der Waals surface area contributed by atoms with Crippen LogP contribution < -0.4 is 47.3 Å². The zero-order valence-electron chi connectivity index (χ0n) is 43.0. The first-order valence-electron chi connectivity index (χ1n) is 27.5. The van der Waals surface area contributed by atoms with Crippen LogP contribution in [0, 0.1) is 0 Å². The maximum atomic E-state index is 7.39. The van der Waals surface area contributed by atoms with E-state index in [-0.39, 0.29) is 13.4 Å². The van der Waals surface area contributed by atoms with Gasteiger partial charge in [0.05, 0.1) is 22.1 Å². The monoisotopic (exact) mass is 1040 g/mol. The third-order valence-corrected chi connectivity index (χ3v) is 18.5. The number of hydrogen-bond donors (Lipinski definition) is 0. The molecule has 370 valence electrons. The van der Waals surface area contributed by atoms with E-state index in [9.17, 15) is 0 Å². The maximum absolute atomic E-state index is 7.39. The second-order valence-corrected chi connectivity index (χ2v) is 22.4. The van der Waals surface area contributed by atoms with Crippen molar-refractivity contribution in [2.24, 2.45) is 0 Å². The van der Waals surface area contributed by atoms with E-state index >= 15 is 0 Å². The highest BCUT2D eigenvalue weighted by Crippen LogP contribution is 2.54. The Hall–Kier alpha value is -9.88. The van der Waals surface area contributed by atoms with E-state index in [2.05, 4.69) is 275 Å². The Balaban J connectivity index is 1.02. The van der Waals surface area contributed by atoms with E-state index in [1.807, 2.05) is 11.8 Å². The number of para-hydroxylation sites is 6. The molecule has 5 nitrogen and oxygen atoms in total. The normalized spacial score (nSPS) is 13.4. The summed E-state index contributed by atoms with van der Waals surface area (Å²) in [6.45, 7) is -0.295. The Morgan fingerprint density at radius 2 is 0.963 bits per heavy atom. The maximum Gasteiger partial charge on any atom is 0.256 e. The van der Waals surface area contributed by atoms with Crippen LogP contribution in [0.4, 0.5) is 34.1 Å². The fourth-order valence-corrected chi connectivity index (χ4v) is 15.4. The minimum atomic E-state index is -0.200. The van der Waals surface area contributed by atoms with Crippen LogP contribution in [0.15, 0.2) is 275 Å². The molecule has 0 spiro atoms. The summed E-state index contributed by atoms with van der Waals surface area (Å²) in [6.07, 6.45) is 0. The summed E-state index contributed by atoms with van der Waals surface area (Å²) in [7, 11) is 0. The van der Waals surface area contributed by atoms with Crippen LogP contribution in [-0.4, -0.2) is 18.0 Å². The van der Waals surface area contributed by atoms with Crippen molar-refractivity contribution >= 4 is 136 Å². The molecule has 0 bridgehead atoms. The van der Waals surface area contributed by atoms with E-state index < -0.39 is 0 Å². The molecule has 80 heavy (non-hydrogen) atoms. The number of benzene rings is 12. The fraction of sp³-hybridized carbons (Fsp3) is 0. The number of rotatable bonds is 5. The average Bonchev–Trinajstić information content (AvgIpc) is 4.23. The van der Waals surface area contributed by atoms with Crippen LogP contribution in [0.5, 0.6) is 11.5 Å². The second kappa shape index (κ2) is 16.8. The van der Waals surface area contributed by atoms with Crippen LogP contribution >= 0.6 is 11.8 Å². The van der Waals surface area contributed by atoms with Crippen molar-refractivity contribution in [1.29, 1.82) is 0 Å². The van der Waals surface area contributed by atoms with Crippen molar-refractivity contribution in [2.45, 2.75) is 9.79 Å². The minimum absolute atomic E-state index is 0.0952. The van der Waals surface area contributed by atoms with Crippen LogP contribution in [0.3, 0.4) is 0 Å². The van der Waals surface area contributed by atoms with E-state index in [4.69, 9.17) is 9.15 Å². The van der Waals surface area contributed by atoms with Gasteiger partial charge in [0.2, 0.25) is 6.71 Å². The molecule has 14 aromatic rings. The van der Waals surface area contributed by atoms with Crippen LogP contribution in [0.1, 0.15) is 0 Å². The first-order chi connectivity index (χ1) is 39.7. The molecule has 12 aromatic carbocycles. The van der Waals surface area contributed by atoms with Crippen molar-refractivity contribution in [3.8, 4) is 39.4 Å². The highest BCUT2D eigenvalue weighted by molar-refractivity contribution is 8.00. The number of anilines is 6. The Bertz CT molecular complexity index is 4870. The summed E-state index contributed by atoms with van der Waals surface area (Å²) in [5, 5.41) is 4.56. The largest absolute Gasteiger partial charge is 0.458 e. The Morgan fingerprint density at radius 3 is 1.71 bits per heavy atom. The first kappa shape index (κ1) is 44.1. The SMILES string of the molecule is c1ccc(-c2cccc(-c3ccccc3)c2N2c3cc4c(cc3B3c5ccccc5Oc5c3c2cc2oc3ccccc3c52)B2c3ccccc3Sc3c2c(cc2c3c3ccccc3n2-c2ccccc2)N4c2ccccc2)cc1. The van der Waals surface area contributed by atoms with Gasteiger partial charge in [0.25, 0.3) is 6.71 Å². The molecule has 4 aliphatic heterocycles. The van der Waals surface area contributed by atoms with Gasteiger partial charge in [0, 0.05) is 77.3 Å². The summed E-state index contributed by atoms with van der Waals surface area (Å²) >= 11 is 1.93. The molecular weight excluding hydrogens is 993 g/mol. The van der Waals surface area contributed by atoms with Gasteiger partial charge in [-0.3, -0.25) is 0 Å². The van der Waals surface area contributed by atoms with Crippen molar-refractivity contribution in [1.82, 2.24) is 4.57 Å². The molecule has 0 atom stereocenters. The van der Waals surface area contributed by atoms with Crippen molar-refractivity contribution in [3.63, 3.8) is 0 Å². The molecule has 2 aromatic heterocycles. The van der Waals surface area contributed by atoms with E-state index in [1.165, 1.54) is 59.1 Å². The third-order valence-electron chi connectivity index (χ3n) is 17.3. The molecule has 0 saturated heterocycles. The van der Waals surface area contributed by atoms with E-state index in [0.29, 0.717) is 0 Å². The van der Waals surface area contributed by atoms with Gasteiger partial charge in [-0.05, 0) is 99.1 Å². The lowest BCUT2D eigenvalue weighted by Gasteiger charge is -2.45. The quantitative estimate of drug-likeness (QED) is 0.161. The highest BCUT2D eigenvalue weighted by atomic mass is 32.2. The van der Waals surface area contributed by atoms with Gasteiger partial charge in [-0.2, -0.15) is 0 Å². The summed E-state index contributed by atoms with van der Waals surface area (Å²) in [4.78, 5) is 7.73. The number of hydrogen-bond acceptors (Lipinski definition) is 5. The lowest BCUT2D eigenvalue weighted by atomic mass is 9.31. The molecule has 0 saturated carbocycles. The second-order valence-electron chi connectivity index (χ2n) is 21.4. The van der Waals surface area contributed by atoms with Gasteiger partial charge in [-0.25, -0.2) is 0 Å². The van der Waals surface area contributed by atoms with Crippen molar-refractivity contribution in [2.75, 3.05) is 9.80 Å². The Labute approximate surface area is 466 Å². The summed E-state index contributed by atoms with van der Waals surface area (Å²) in [5.41, 5.74) is 23.6.